The van der Waals surface area contributed by atoms with Crippen LogP contribution in [0.2, 0.25) is 0 Å². The van der Waals surface area contributed by atoms with Crippen LogP contribution in [0.4, 0.5) is 4.39 Å². The number of benzene rings is 1. The van der Waals surface area contributed by atoms with Crippen molar-refractivity contribution in [1.29, 1.82) is 0 Å². The van der Waals surface area contributed by atoms with Gasteiger partial charge < -0.3 is 0 Å². The molecule has 100 valence electrons. The lowest BCUT2D eigenvalue weighted by Crippen LogP contribution is -2.15. The highest BCUT2D eigenvalue weighted by atomic mass is 32.2. The van der Waals surface area contributed by atoms with Crippen LogP contribution in [-0.4, -0.2) is 19.1 Å². The summed E-state index contributed by atoms with van der Waals surface area (Å²) < 4.78 is 44.4. The van der Waals surface area contributed by atoms with Crippen molar-refractivity contribution in [2.45, 2.75) is 49.6 Å². The molecule has 2 rings (SSSR count). The molecule has 1 N–H and O–H groups in total. The van der Waals surface area contributed by atoms with Crippen molar-refractivity contribution in [3.8, 4) is 0 Å². The van der Waals surface area contributed by atoms with Crippen molar-refractivity contribution in [3.63, 3.8) is 0 Å². The van der Waals surface area contributed by atoms with Crippen LogP contribution in [-0.2, 0) is 10.1 Å². The van der Waals surface area contributed by atoms with Gasteiger partial charge in [0.2, 0.25) is 0 Å². The summed E-state index contributed by atoms with van der Waals surface area (Å²) in [4.78, 5) is -0.0783. The number of aryl methyl sites for hydroxylation is 1. The predicted octanol–water partition coefficient (Wildman–Crippen LogP) is 3.24. The van der Waals surface area contributed by atoms with E-state index in [0.29, 0.717) is 12.8 Å². The molecule has 1 fully saturated rings. The Morgan fingerprint density at radius 3 is 2.39 bits per heavy atom. The minimum Gasteiger partial charge on any atom is -0.282 e. The van der Waals surface area contributed by atoms with Gasteiger partial charge in [0.05, 0.1) is 4.90 Å². The fourth-order valence-corrected chi connectivity index (χ4v) is 3.10. The molecule has 0 atom stereocenters. The third-order valence-corrected chi connectivity index (χ3v) is 4.49. The molecular formula is C13H17FO3S. The van der Waals surface area contributed by atoms with Gasteiger partial charge in [0.1, 0.15) is 6.17 Å². The Labute approximate surface area is 107 Å². The van der Waals surface area contributed by atoms with Crippen LogP contribution in [0, 0.1) is 6.92 Å². The van der Waals surface area contributed by atoms with E-state index < -0.39 is 16.3 Å². The summed E-state index contributed by atoms with van der Waals surface area (Å²) in [6.45, 7) is 1.91. The third kappa shape index (κ3) is 2.90. The van der Waals surface area contributed by atoms with Gasteiger partial charge in [0, 0.05) is 0 Å². The van der Waals surface area contributed by atoms with Crippen LogP contribution >= 0.6 is 0 Å². The van der Waals surface area contributed by atoms with E-state index in [1.807, 2.05) is 6.92 Å². The van der Waals surface area contributed by atoms with E-state index in [4.69, 9.17) is 4.55 Å². The normalized spacial score (nSPS) is 25.1. The predicted molar refractivity (Wildman–Crippen MR) is 67.1 cm³/mol. The lowest BCUT2D eigenvalue weighted by Gasteiger charge is -2.26. The molecule has 0 amide bonds. The smallest absolute Gasteiger partial charge is 0.282 e. The SMILES string of the molecule is Cc1ccc(S(=O)(=O)O)cc1C1CCC(F)CC1. The molecule has 0 unspecified atom stereocenters. The lowest BCUT2D eigenvalue weighted by atomic mass is 9.81. The van der Waals surface area contributed by atoms with Gasteiger partial charge in [-0.25, -0.2) is 4.39 Å². The molecule has 5 heteroatoms. The van der Waals surface area contributed by atoms with Crippen molar-refractivity contribution in [1.82, 2.24) is 0 Å². The molecule has 0 bridgehead atoms. The summed E-state index contributed by atoms with van der Waals surface area (Å²) in [6, 6.07) is 4.61. The van der Waals surface area contributed by atoms with Crippen molar-refractivity contribution >= 4 is 10.1 Å². The first-order valence-electron chi connectivity index (χ1n) is 6.10. The Kier molecular flexibility index (Phi) is 3.73. The van der Waals surface area contributed by atoms with E-state index in [1.165, 1.54) is 12.1 Å². The van der Waals surface area contributed by atoms with E-state index in [-0.39, 0.29) is 10.8 Å². The molecule has 0 aliphatic heterocycles. The molecule has 3 nitrogen and oxygen atoms in total. The zero-order valence-electron chi connectivity index (χ0n) is 10.3. The molecule has 1 aromatic rings. The fourth-order valence-electron chi connectivity index (χ4n) is 2.58. The molecule has 1 saturated carbocycles. The first kappa shape index (κ1) is 13.5. The second-order valence-electron chi connectivity index (χ2n) is 4.94. The van der Waals surface area contributed by atoms with Gasteiger partial charge in [-0.05, 0) is 61.8 Å². The number of rotatable bonds is 2. The maximum Gasteiger partial charge on any atom is 0.294 e. The van der Waals surface area contributed by atoms with Gasteiger partial charge in [0.15, 0.2) is 0 Å². The molecule has 0 aromatic heterocycles. The van der Waals surface area contributed by atoms with E-state index in [0.717, 1.165) is 24.0 Å². The molecule has 0 heterocycles. The highest BCUT2D eigenvalue weighted by molar-refractivity contribution is 7.85. The number of hydrogen-bond donors (Lipinski definition) is 1. The lowest BCUT2D eigenvalue weighted by molar-refractivity contribution is 0.235. The minimum atomic E-state index is -4.17. The molecule has 0 radical (unpaired) electrons. The average molecular weight is 272 g/mol. The third-order valence-electron chi connectivity index (χ3n) is 3.65. The van der Waals surface area contributed by atoms with E-state index in [2.05, 4.69) is 0 Å². The van der Waals surface area contributed by atoms with Gasteiger partial charge in [0.25, 0.3) is 10.1 Å². The molecule has 1 aliphatic rings. The van der Waals surface area contributed by atoms with Gasteiger partial charge >= 0.3 is 0 Å². The molecule has 0 spiro atoms. The quantitative estimate of drug-likeness (QED) is 0.841. The van der Waals surface area contributed by atoms with Gasteiger partial charge in [-0.15, -0.1) is 0 Å². The van der Waals surface area contributed by atoms with Crippen LogP contribution in [0.5, 0.6) is 0 Å². The first-order valence-corrected chi connectivity index (χ1v) is 7.54. The van der Waals surface area contributed by atoms with E-state index in [9.17, 15) is 12.8 Å². The summed E-state index contributed by atoms with van der Waals surface area (Å²) >= 11 is 0. The zero-order valence-corrected chi connectivity index (χ0v) is 11.1. The number of halogens is 1. The Morgan fingerprint density at radius 1 is 1.22 bits per heavy atom. The summed E-state index contributed by atoms with van der Waals surface area (Å²) in [5.74, 6) is 0.193. The number of hydrogen-bond acceptors (Lipinski definition) is 2. The van der Waals surface area contributed by atoms with Crippen LogP contribution in [0.3, 0.4) is 0 Å². The fraction of sp³-hybridized carbons (Fsp3) is 0.538. The average Bonchev–Trinajstić information content (AvgIpc) is 2.29. The number of alkyl halides is 1. The molecule has 1 aromatic carbocycles. The highest BCUT2D eigenvalue weighted by Crippen LogP contribution is 2.36. The zero-order chi connectivity index (χ0) is 13.3. The summed E-state index contributed by atoms with van der Waals surface area (Å²) in [7, 11) is -4.17. The Hall–Kier alpha value is -0.940. The minimum absolute atomic E-state index is 0.0783. The van der Waals surface area contributed by atoms with Crippen LogP contribution in [0.15, 0.2) is 23.1 Å². The highest BCUT2D eigenvalue weighted by Gasteiger charge is 2.24. The van der Waals surface area contributed by atoms with Crippen LogP contribution in [0.1, 0.15) is 42.7 Å². The van der Waals surface area contributed by atoms with Crippen molar-refractivity contribution in [2.24, 2.45) is 0 Å². The maximum absolute atomic E-state index is 13.1. The topological polar surface area (TPSA) is 54.4 Å². The standard InChI is InChI=1S/C13H17FO3S/c1-9-2-7-12(18(15,16)17)8-13(9)10-3-5-11(14)6-4-10/h2,7-8,10-11H,3-6H2,1H3,(H,15,16,17). The Bertz CT molecular complexity index is 531. The second-order valence-corrected chi connectivity index (χ2v) is 6.36. The molecule has 1 aliphatic carbocycles. The molecular weight excluding hydrogens is 255 g/mol. The summed E-state index contributed by atoms with van der Waals surface area (Å²) in [5, 5.41) is 0. The van der Waals surface area contributed by atoms with E-state index in [1.54, 1.807) is 6.07 Å². The van der Waals surface area contributed by atoms with E-state index >= 15 is 0 Å². The first-order chi connectivity index (χ1) is 8.38. The summed E-state index contributed by atoms with van der Waals surface area (Å²) in [5.41, 5.74) is 1.90. The van der Waals surface area contributed by atoms with Crippen LogP contribution < -0.4 is 0 Å². The molecule has 18 heavy (non-hydrogen) atoms. The Balaban J connectivity index is 2.32. The largest absolute Gasteiger partial charge is 0.294 e. The summed E-state index contributed by atoms with van der Waals surface area (Å²) in [6.07, 6.45) is 1.79. The second kappa shape index (κ2) is 4.97. The Morgan fingerprint density at radius 2 is 1.83 bits per heavy atom. The monoisotopic (exact) mass is 272 g/mol. The van der Waals surface area contributed by atoms with Gasteiger partial charge in [-0.3, -0.25) is 4.55 Å². The van der Waals surface area contributed by atoms with Crippen LogP contribution in [0.25, 0.3) is 0 Å². The van der Waals surface area contributed by atoms with Gasteiger partial charge in [-0.2, -0.15) is 8.42 Å². The van der Waals surface area contributed by atoms with Crippen molar-refractivity contribution < 1.29 is 17.4 Å². The van der Waals surface area contributed by atoms with Crippen molar-refractivity contribution in [2.75, 3.05) is 0 Å². The van der Waals surface area contributed by atoms with Crippen molar-refractivity contribution in [3.05, 3.63) is 29.3 Å². The molecule has 0 saturated heterocycles. The maximum atomic E-state index is 13.1. The van der Waals surface area contributed by atoms with Gasteiger partial charge in [-0.1, -0.05) is 6.07 Å².